The molecule has 2 aromatic heterocycles. The van der Waals surface area contributed by atoms with E-state index < -0.39 is 0 Å². The first-order valence-corrected chi connectivity index (χ1v) is 12.9. The van der Waals surface area contributed by atoms with Crippen molar-refractivity contribution in [1.29, 1.82) is 0 Å². The molecular formula is C20H31N7OS2. The summed E-state index contributed by atoms with van der Waals surface area (Å²) in [6.07, 6.45) is 6.24. The maximum Gasteiger partial charge on any atom is 0.236 e. The monoisotopic (exact) mass is 449 g/mol. The van der Waals surface area contributed by atoms with Crippen LogP contribution in [0.25, 0.3) is 0 Å². The minimum Gasteiger partial charge on any atom is -0.341 e. The lowest BCUT2D eigenvalue weighted by atomic mass is 9.94. The Kier molecular flexibility index (Phi) is 7.05. The van der Waals surface area contributed by atoms with Crippen LogP contribution in [0.1, 0.15) is 68.9 Å². The average molecular weight is 450 g/mol. The van der Waals surface area contributed by atoms with Gasteiger partial charge in [0.25, 0.3) is 0 Å². The maximum absolute atomic E-state index is 12.9. The first-order chi connectivity index (χ1) is 14.6. The molecule has 0 spiro atoms. The van der Waals surface area contributed by atoms with E-state index in [1.807, 2.05) is 10.3 Å². The maximum atomic E-state index is 12.9. The van der Waals surface area contributed by atoms with Gasteiger partial charge in [-0.05, 0) is 70.4 Å². The summed E-state index contributed by atoms with van der Waals surface area (Å²) in [6, 6.07) is 0.358. The fraction of sp³-hybridized carbons (Fsp3) is 0.750. The molecule has 164 valence electrons. The molecule has 0 radical (unpaired) electrons. The van der Waals surface area contributed by atoms with E-state index in [-0.39, 0.29) is 5.91 Å². The van der Waals surface area contributed by atoms with Crippen LogP contribution in [0.3, 0.4) is 0 Å². The number of rotatable bonds is 6. The van der Waals surface area contributed by atoms with Crippen LogP contribution in [0.15, 0.2) is 10.5 Å². The summed E-state index contributed by atoms with van der Waals surface area (Å²) in [4.78, 5) is 17.3. The summed E-state index contributed by atoms with van der Waals surface area (Å²) >= 11 is 3.04. The highest BCUT2D eigenvalue weighted by molar-refractivity contribution is 7.98. The van der Waals surface area contributed by atoms with Crippen LogP contribution in [0.2, 0.25) is 0 Å². The SMILES string of the molecule is CSc1nnc(C2CCN(CC(=O)N3CCCC(c4csnn4)C3)CC2)n1C(C)C. The molecule has 1 atom stereocenters. The first kappa shape index (κ1) is 21.7. The smallest absolute Gasteiger partial charge is 0.236 e. The van der Waals surface area contributed by atoms with E-state index in [1.165, 1.54) is 11.5 Å². The largest absolute Gasteiger partial charge is 0.341 e. The first-order valence-electron chi connectivity index (χ1n) is 10.8. The molecular weight excluding hydrogens is 418 g/mol. The van der Waals surface area contributed by atoms with E-state index in [9.17, 15) is 4.79 Å². The van der Waals surface area contributed by atoms with Crippen LogP contribution in [-0.4, -0.2) is 79.0 Å². The number of carbonyl (C=O) groups is 1. The molecule has 30 heavy (non-hydrogen) atoms. The standard InChI is InChI=1S/C20H31N7OS2/c1-14(2)27-19(22-23-20(27)29-3)15-6-9-25(10-7-15)12-18(28)26-8-4-5-16(11-26)17-13-30-24-21-17/h13-16H,4-12H2,1-3H3. The molecule has 1 unspecified atom stereocenters. The summed E-state index contributed by atoms with van der Waals surface area (Å²) in [6.45, 7) is 8.39. The van der Waals surface area contributed by atoms with Crippen LogP contribution in [-0.2, 0) is 4.79 Å². The van der Waals surface area contributed by atoms with Crippen molar-refractivity contribution in [2.75, 3.05) is 39.0 Å². The van der Waals surface area contributed by atoms with Gasteiger partial charge in [0.2, 0.25) is 5.91 Å². The second kappa shape index (κ2) is 9.74. The highest BCUT2D eigenvalue weighted by Gasteiger charge is 2.30. The van der Waals surface area contributed by atoms with Crippen molar-refractivity contribution in [2.45, 2.75) is 62.6 Å². The van der Waals surface area contributed by atoms with E-state index in [2.05, 4.69) is 49.4 Å². The van der Waals surface area contributed by atoms with Gasteiger partial charge in [-0.2, -0.15) is 0 Å². The fourth-order valence-electron chi connectivity index (χ4n) is 4.63. The normalized spacial score (nSPS) is 21.5. The van der Waals surface area contributed by atoms with Gasteiger partial charge in [0.05, 0.1) is 12.2 Å². The number of aromatic nitrogens is 5. The summed E-state index contributed by atoms with van der Waals surface area (Å²) < 4.78 is 6.26. The van der Waals surface area contributed by atoms with Crippen molar-refractivity contribution in [3.8, 4) is 0 Å². The van der Waals surface area contributed by atoms with Gasteiger partial charge >= 0.3 is 0 Å². The van der Waals surface area contributed by atoms with E-state index in [1.54, 1.807) is 11.8 Å². The van der Waals surface area contributed by atoms with Gasteiger partial charge < -0.3 is 9.47 Å². The van der Waals surface area contributed by atoms with Crippen molar-refractivity contribution in [1.82, 2.24) is 34.2 Å². The second-order valence-electron chi connectivity index (χ2n) is 8.57. The molecule has 0 aliphatic carbocycles. The molecule has 1 amide bonds. The van der Waals surface area contributed by atoms with E-state index in [0.717, 1.165) is 68.5 Å². The Labute approximate surface area is 186 Å². The van der Waals surface area contributed by atoms with Crippen molar-refractivity contribution >= 4 is 29.2 Å². The third-order valence-corrected chi connectivity index (χ3v) is 7.44. The zero-order chi connectivity index (χ0) is 21.1. The quantitative estimate of drug-likeness (QED) is 0.627. The molecule has 0 N–H and O–H groups in total. The molecule has 2 saturated heterocycles. The number of hydrogen-bond acceptors (Lipinski definition) is 8. The van der Waals surface area contributed by atoms with Gasteiger partial charge in [-0.3, -0.25) is 9.69 Å². The molecule has 0 bridgehead atoms. The van der Waals surface area contributed by atoms with Crippen molar-refractivity contribution in [3.63, 3.8) is 0 Å². The number of amides is 1. The molecule has 4 heterocycles. The number of hydrogen-bond donors (Lipinski definition) is 0. The highest BCUT2D eigenvalue weighted by atomic mass is 32.2. The molecule has 8 nitrogen and oxygen atoms in total. The predicted molar refractivity (Wildman–Crippen MR) is 119 cm³/mol. The molecule has 2 aromatic rings. The summed E-state index contributed by atoms with van der Waals surface area (Å²) in [5.74, 6) is 2.11. The van der Waals surface area contributed by atoms with Gasteiger partial charge in [-0.25, -0.2) is 0 Å². The number of nitrogens with zero attached hydrogens (tertiary/aromatic N) is 7. The third-order valence-electron chi connectivity index (χ3n) is 6.27. The van der Waals surface area contributed by atoms with Gasteiger partial charge in [-0.15, -0.1) is 15.3 Å². The Hall–Kier alpha value is -1.52. The van der Waals surface area contributed by atoms with Gasteiger partial charge in [0.15, 0.2) is 5.16 Å². The van der Waals surface area contributed by atoms with Crippen LogP contribution >= 0.6 is 23.3 Å². The highest BCUT2D eigenvalue weighted by Crippen LogP contribution is 2.31. The lowest BCUT2D eigenvalue weighted by Crippen LogP contribution is -2.46. The average Bonchev–Trinajstić information content (AvgIpc) is 3.44. The molecule has 2 aliphatic heterocycles. The lowest BCUT2D eigenvalue weighted by Gasteiger charge is -2.35. The number of carbonyl (C=O) groups excluding carboxylic acids is 1. The number of thioether (sulfide) groups is 1. The molecule has 10 heteroatoms. The lowest BCUT2D eigenvalue weighted by molar-refractivity contribution is -0.133. The van der Waals surface area contributed by atoms with Crippen molar-refractivity contribution in [2.24, 2.45) is 0 Å². The zero-order valence-corrected chi connectivity index (χ0v) is 19.7. The summed E-state index contributed by atoms with van der Waals surface area (Å²) in [7, 11) is 0. The Morgan fingerprint density at radius 3 is 2.63 bits per heavy atom. The van der Waals surface area contributed by atoms with Gasteiger partial charge in [0.1, 0.15) is 5.82 Å². The Morgan fingerprint density at radius 1 is 1.17 bits per heavy atom. The number of likely N-dealkylation sites (tertiary alicyclic amines) is 2. The van der Waals surface area contributed by atoms with E-state index in [4.69, 9.17) is 0 Å². The predicted octanol–water partition coefficient (Wildman–Crippen LogP) is 3.02. The van der Waals surface area contributed by atoms with Crippen LogP contribution in [0.4, 0.5) is 0 Å². The van der Waals surface area contributed by atoms with Gasteiger partial charge in [0, 0.05) is 36.3 Å². The molecule has 2 fully saturated rings. The molecule has 0 aromatic carbocycles. The van der Waals surface area contributed by atoms with E-state index >= 15 is 0 Å². The number of piperidine rings is 2. The fourth-order valence-corrected chi connectivity index (χ4v) is 5.79. The Balaban J connectivity index is 1.31. The Bertz CT molecular complexity index is 830. The van der Waals surface area contributed by atoms with Crippen LogP contribution in [0.5, 0.6) is 0 Å². The van der Waals surface area contributed by atoms with Gasteiger partial charge in [-0.1, -0.05) is 16.3 Å². The minimum atomic E-state index is 0.247. The zero-order valence-electron chi connectivity index (χ0n) is 18.0. The molecule has 2 aliphatic rings. The third kappa shape index (κ3) is 4.70. The summed E-state index contributed by atoms with van der Waals surface area (Å²) in [5.41, 5.74) is 1.04. The van der Waals surface area contributed by atoms with E-state index in [0.29, 0.717) is 24.4 Å². The minimum absolute atomic E-state index is 0.247. The van der Waals surface area contributed by atoms with Crippen molar-refractivity contribution < 1.29 is 4.79 Å². The second-order valence-corrected chi connectivity index (χ2v) is 9.95. The van der Waals surface area contributed by atoms with Crippen LogP contribution in [0, 0.1) is 0 Å². The molecule has 4 rings (SSSR count). The Morgan fingerprint density at radius 2 is 1.97 bits per heavy atom. The van der Waals surface area contributed by atoms with Crippen LogP contribution < -0.4 is 0 Å². The summed E-state index contributed by atoms with van der Waals surface area (Å²) in [5, 5.41) is 16.1. The topological polar surface area (TPSA) is 80.0 Å². The van der Waals surface area contributed by atoms with Crippen molar-refractivity contribution in [3.05, 3.63) is 16.9 Å². The molecule has 0 saturated carbocycles.